The second-order valence-electron chi connectivity index (χ2n) is 6.41. The number of nitrogens with zero attached hydrogens (tertiary/aromatic N) is 1. The number of carbonyl (C=O) groups is 1. The lowest BCUT2D eigenvalue weighted by molar-refractivity contribution is -0.137. The van der Waals surface area contributed by atoms with E-state index >= 15 is 0 Å². The molecule has 0 aromatic heterocycles. The van der Waals surface area contributed by atoms with Crippen LogP contribution in [0.3, 0.4) is 0 Å². The highest BCUT2D eigenvalue weighted by Gasteiger charge is 2.29. The molecule has 0 N–H and O–H groups in total. The number of rotatable bonds is 4. The van der Waals surface area contributed by atoms with Crippen molar-refractivity contribution < 1.29 is 18.0 Å². The number of allylic oxidation sites excluding steroid dienone is 1. The van der Waals surface area contributed by atoms with E-state index in [4.69, 9.17) is 0 Å². The van der Waals surface area contributed by atoms with Gasteiger partial charge >= 0.3 is 6.18 Å². The van der Waals surface area contributed by atoms with Crippen LogP contribution in [-0.4, -0.2) is 18.9 Å². The number of benzene rings is 2. The Bertz CT molecular complexity index is 770. The molecule has 0 unspecified atom stereocenters. The first kappa shape index (κ1) is 18.2. The monoisotopic (exact) mass is 359 g/mol. The summed E-state index contributed by atoms with van der Waals surface area (Å²) >= 11 is 0. The van der Waals surface area contributed by atoms with Crippen molar-refractivity contribution >= 4 is 17.5 Å². The molecule has 0 radical (unpaired) electrons. The van der Waals surface area contributed by atoms with Crippen molar-refractivity contribution in [1.82, 2.24) is 0 Å². The van der Waals surface area contributed by atoms with E-state index < -0.39 is 11.7 Å². The van der Waals surface area contributed by atoms with E-state index in [0.717, 1.165) is 30.9 Å². The van der Waals surface area contributed by atoms with Crippen LogP contribution in [-0.2, 0) is 6.18 Å². The molecule has 1 saturated heterocycles. The average molecular weight is 359 g/mol. The van der Waals surface area contributed by atoms with Gasteiger partial charge in [-0.25, -0.2) is 0 Å². The molecule has 0 spiro atoms. The molecule has 26 heavy (non-hydrogen) atoms. The maximum Gasteiger partial charge on any atom is 0.416 e. The largest absolute Gasteiger partial charge is 0.416 e. The number of halogens is 3. The van der Waals surface area contributed by atoms with Gasteiger partial charge in [-0.15, -0.1) is 0 Å². The third kappa shape index (κ3) is 4.54. The Morgan fingerprint density at radius 3 is 2.08 bits per heavy atom. The van der Waals surface area contributed by atoms with E-state index in [-0.39, 0.29) is 5.78 Å². The van der Waals surface area contributed by atoms with Gasteiger partial charge in [0.25, 0.3) is 0 Å². The molecule has 2 aromatic rings. The second kappa shape index (κ2) is 7.77. The van der Waals surface area contributed by atoms with Crippen molar-refractivity contribution in [3.05, 3.63) is 71.3 Å². The van der Waals surface area contributed by atoms with Crippen LogP contribution >= 0.6 is 0 Å². The maximum absolute atomic E-state index is 12.5. The van der Waals surface area contributed by atoms with Gasteiger partial charge in [0, 0.05) is 24.3 Å². The maximum atomic E-state index is 12.5. The summed E-state index contributed by atoms with van der Waals surface area (Å²) in [5.74, 6) is -0.171. The first-order chi connectivity index (χ1) is 12.4. The highest BCUT2D eigenvalue weighted by molar-refractivity contribution is 6.06. The number of carbonyl (C=O) groups excluding carboxylic acids is 1. The normalized spacial score (nSPS) is 15.4. The third-order valence-electron chi connectivity index (χ3n) is 4.54. The highest BCUT2D eigenvalue weighted by atomic mass is 19.4. The molecular formula is C21H20F3NO. The van der Waals surface area contributed by atoms with E-state index in [2.05, 4.69) is 4.90 Å². The standard InChI is InChI=1S/C21H20F3NO/c22-21(23,24)18-9-4-16(5-10-18)6-13-20(26)17-7-11-19(12-8-17)25-14-2-1-3-15-25/h4-13H,1-3,14-15H2/b13-6+. The number of hydrogen-bond donors (Lipinski definition) is 0. The van der Waals surface area contributed by atoms with Crippen molar-refractivity contribution in [3.63, 3.8) is 0 Å². The van der Waals surface area contributed by atoms with Crippen LogP contribution in [0.2, 0.25) is 0 Å². The fraction of sp³-hybridized carbons (Fsp3) is 0.286. The molecule has 1 heterocycles. The van der Waals surface area contributed by atoms with Crippen LogP contribution in [0.25, 0.3) is 6.08 Å². The molecule has 0 amide bonds. The third-order valence-corrected chi connectivity index (χ3v) is 4.54. The van der Waals surface area contributed by atoms with Crippen molar-refractivity contribution in [2.45, 2.75) is 25.4 Å². The molecule has 5 heteroatoms. The summed E-state index contributed by atoms with van der Waals surface area (Å²) in [4.78, 5) is 14.6. The van der Waals surface area contributed by atoms with Crippen molar-refractivity contribution in [1.29, 1.82) is 0 Å². The molecular weight excluding hydrogens is 339 g/mol. The van der Waals surface area contributed by atoms with Gasteiger partial charge < -0.3 is 4.90 Å². The van der Waals surface area contributed by atoms with Crippen LogP contribution in [0.4, 0.5) is 18.9 Å². The Labute approximate surface area is 150 Å². The predicted octanol–water partition coefficient (Wildman–Crippen LogP) is 5.59. The zero-order valence-corrected chi connectivity index (χ0v) is 14.3. The minimum Gasteiger partial charge on any atom is -0.372 e. The summed E-state index contributed by atoms with van der Waals surface area (Å²) in [6.07, 6.45) is 2.21. The van der Waals surface area contributed by atoms with Crippen molar-refractivity contribution in [2.24, 2.45) is 0 Å². The molecule has 1 aliphatic heterocycles. The second-order valence-corrected chi connectivity index (χ2v) is 6.41. The number of piperidine rings is 1. The smallest absolute Gasteiger partial charge is 0.372 e. The number of anilines is 1. The Morgan fingerprint density at radius 1 is 0.885 bits per heavy atom. The number of alkyl halides is 3. The van der Waals surface area contributed by atoms with Crippen molar-refractivity contribution in [2.75, 3.05) is 18.0 Å². The van der Waals surface area contributed by atoms with Gasteiger partial charge in [-0.05, 0) is 67.3 Å². The van der Waals surface area contributed by atoms with Crippen LogP contribution < -0.4 is 4.90 Å². The molecule has 1 fully saturated rings. The summed E-state index contributed by atoms with van der Waals surface area (Å²) < 4.78 is 37.6. The van der Waals surface area contributed by atoms with E-state index in [1.165, 1.54) is 43.5 Å². The summed E-state index contributed by atoms with van der Waals surface area (Å²) in [6, 6.07) is 12.2. The van der Waals surface area contributed by atoms with Crippen LogP contribution in [0.15, 0.2) is 54.6 Å². The lowest BCUT2D eigenvalue weighted by Gasteiger charge is -2.28. The van der Waals surface area contributed by atoms with Crippen LogP contribution in [0, 0.1) is 0 Å². The van der Waals surface area contributed by atoms with E-state index in [9.17, 15) is 18.0 Å². The first-order valence-electron chi connectivity index (χ1n) is 8.68. The van der Waals surface area contributed by atoms with Gasteiger partial charge in [0.05, 0.1) is 5.56 Å². The molecule has 0 bridgehead atoms. The molecule has 0 aliphatic carbocycles. The molecule has 2 nitrogen and oxygen atoms in total. The summed E-state index contributed by atoms with van der Waals surface area (Å²) in [5.41, 5.74) is 1.53. The minimum absolute atomic E-state index is 0.171. The highest BCUT2D eigenvalue weighted by Crippen LogP contribution is 2.29. The number of ketones is 1. The van der Waals surface area contributed by atoms with Crippen LogP contribution in [0.1, 0.15) is 40.7 Å². The Hall–Kier alpha value is -2.56. The summed E-state index contributed by atoms with van der Waals surface area (Å²) in [5, 5.41) is 0. The Kier molecular flexibility index (Phi) is 5.45. The predicted molar refractivity (Wildman–Crippen MR) is 97.3 cm³/mol. The molecule has 0 saturated carbocycles. The Balaban J connectivity index is 1.64. The molecule has 136 valence electrons. The van der Waals surface area contributed by atoms with Crippen LogP contribution in [0.5, 0.6) is 0 Å². The summed E-state index contributed by atoms with van der Waals surface area (Å²) in [6.45, 7) is 2.09. The zero-order valence-electron chi connectivity index (χ0n) is 14.3. The lowest BCUT2D eigenvalue weighted by Crippen LogP contribution is -2.29. The van der Waals surface area contributed by atoms with Gasteiger partial charge in [0.15, 0.2) is 5.78 Å². The zero-order chi connectivity index (χ0) is 18.6. The SMILES string of the molecule is O=C(/C=C/c1ccc(C(F)(F)F)cc1)c1ccc(N2CCCCC2)cc1. The van der Waals surface area contributed by atoms with Gasteiger partial charge in [-0.3, -0.25) is 4.79 Å². The lowest BCUT2D eigenvalue weighted by atomic mass is 10.1. The summed E-state index contributed by atoms with van der Waals surface area (Å²) in [7, 11) is 0. The van der Waals surface area contributed by atoms with Gasteiger partial charge in [0.2, 0.25) is 0 Å². The first-order valence-corrected chi connectivity index (χ1v) is 8.68. The Morgan fingerprint density at radius 2 is 1.50 bits per heavy atom. The van der Waals surface area contributed by atoms with Gasteiger partial charge in [0.1, 0.15) is 0 Å². The molecule has 3 rings (SSSR count). The van der Waals surface area contributed by atoms with Gasteiger partial charge in [-0.2, -0.15) is 13.2 Å². The van der Waals surface area contributed by atoms with E-state index in [0.29, 0.717) is 11.1 Å². The fourth-order valence-electron chi connectivity index (χ4n) is 3.04. The average Bonchev–Trinajstić information content (AvgIpc) is 2.66. The van der Waals surface area contributed by atoms with E-state index in [1.807, 2.05) is 12.1 Å². The van der Waals surface area contributed by atoms with E-state index in [1.54, 1.807) is 12.1 Å². The molecule has 2 aromatic carbocycles. The topological polar surface area (TPSA) is 20.3 Å². The molecule has 1 aliphatic rings. The minimum atomic E-state index is -4.35. The number of hydrogen-bond acceptors (Lipinski definition) is 2. The quantitative estimate of drug-likeness (QED) is 0.524. The van der Waals surface area contributed by atoms with Crippen molar-refractivity contribution in [3.8, 4) is 0 Å². The van der Waals surface area contributed by atoms with Gasteiger partial charge in [-0.1, -0.05) is 18.2 Å². The molecule has 0 atom stereocenters. The fourth-order valence-corrected chi connectivity index (χ4v) is 3.04.